The number of hydrogen-bond acceptors (Lipinski definition) is 2. The van der Waals surface area contributed by atoms with E-state index in [2.05, 4.69) is 5.32 Å². The summed E-state index contributed by atoms with van der Waals surface area (Å²) in [5, 5.41) is 3.91. The van der Waals surface area contributed by atoms with Crippen LogP contribution in [0.4, 0.5) is 4.39 Å². The molecule has 0 radical (unpaired) electrons. The average Bonchev–Trinajstić information content (AvgIpc) is 2.58. The smallest absolute Gasteiger partial charge is 0.170 e. The number of benzene rings is 1. The first-order valence-electron chi connectivity index (χ1n) is 5.11. The van der Waals surface area contributed by atoms with Crippen molar-refractivity contribution in [3.8, 4) is 0 Å². The topological polar surface area (TPSA) is 25.2 Å². The van der Waals surface area contributed by atoms with Crippen molar-refractivity contribution in [1.29, 1.82) is 0 Å². The van der Waals surface area contributed by atoms with Crippen molar-refractivity contribution in [2.45, 2.75) is 19.9 Å². The van der Waals surface area contributed by atoms with Crippen LogP contribution in [0.2, 0.25) is 0 Å². The third kappa shape index (κ3) is 1.63. The lowest BCUT2D eigenvalue weighted by Crippen LogP contribution is -2.05. The first-order chi connectivity index (χ1) is 7.27. The first-order valence-corrected chi connectivity index (χ1v) is 5.11. The van der Waals surface area contributed by atoms with E-state index in [1.54, 1.807) is 6.07 Å². The number of rotatable bonds is 3. The second-order valence-electron chi connectivity index (χ2n) is 3.50. The summed E-state index contributed by atoms with van der Waals surface area (Å²) in [4.78, 5) is 0. The number of hydrogen-bond donors (Lipinski definition) is 1. The van der Waals surface area contributed by atoms with E-state index in [0.717, 1.165) is 23.1 Å². The van der Waals surface area contributed by atoms with E-state index >= 15 is 0 Å². The van der Waals surface area contributed by atoms with E-state index in [4.69, 9.17) is 4.42 Å². The SMILES string of the molecule is CCc1c(CNC)oc2c(F)cccc12. The van der Waals surface area contributed by atoms with Gasteiger partial charge in [0.2, 0.25) is 0 Å². The fraction of sp³-hybridized carbons (Fsp3) is 0.333. The molecule has 0 aliphatic rings. The third-order valence-corrected chi connectivity index (χ3v) is 2.54. The summed E-state index contributed by atoms with van der Waals surface area (Å²) in [7, 11) is 1.85. The Morgan fingerprint density at radius 2 is 2.20 bits per heavy atom. The largest absolute Gasteiger partial charge is 0.456 e. The highest BCUT2D eigenvalue weighted by Gasteiger charge is 2.14. The van der Waals surface area contributed by atoms with E-state index in [1.807, 2.05) is 20.0 Å². The maximum Gasteiger partial charge on any atom is 0.170 e. The quantitative estimate of drug-likeness (QED) is 0.837. The molecule has 3 heteroatoms. The fourth-order valence-corrected chi connectivity index (χ4v) is 1.88. The minimum Gasteiger partial charge on any atom is -0.456 e. The number of aryl methyl sites for hydroxylation is 1. The van der Waals surface area contributed by atoms with Crippen LogP contribution in [-0.2, 0) is 13.0 Å². The number of para-hydroxylation sites is 1. The van der Waals surface area contributed by atoms with Crippen LogP contribution in [0.3, 0.4) is 0 Å². The van der Waals surface area contributed by atoms with E-state index < -0.39 is 0 Å². The summed E-state index contributed by atoms with van der Waals surface area (Å²) in [5.41, 5.74) is 1.47. The lowest BCUT2D eigenvalue weighted by Gasteiger charge is -1.97. The Balaban J connectivity index is 2.67. The van der Waals surface area contributed by atoms with E-state index in [1.165, 1.54) is 6.07 Å². The second-order valence-corrected chi connectivity index (χ2v) is 3.50. The third-order valence-electron chi connectivity index (χ3n) is 2.54. The average molecular weight is 207 g/mol. The molecular formula is C12H14FNO. The van der Waals surface area contributed by atoms with Gasteiger partial charge in [0.05, 0.1) is 6.54 Å². The summed E-state index contributed by atoms with van der Waals surface area (Å²) >= 11 is 0. The molecule has 0 bridgehead atoms. The molecule has 1 N–H and O–H groups in total. The molecule has 80 valence electrons. The fourth-order valence-electron chi connectivity index (χ4n) is 1.88. The van der Waals surface area contributed by atoms with Crippen molar-refractivity contribution < 1.29 is 8.81 Å². The lowest BCUT2D eigenvalue weighted by atomic mass is 10.1. The number of halogens is 1. The molecule has 0 aliphatic carbocycles. The molecule has 2 rings (SSSR count). The molecule has 0 unspecified atom stereocenters. The highest BCUT2D eigenvalue weighted by Crippen LogP contribution is 2.28. The Bertz CT molecular complexity index is 476. The Morgan fingerprint density at radius 3 is 2.87 bits per heavy atom. The normalized spacial score (nSPS) is 11.1. The maximum absolute atomic E-state index is 13.4. The minimum absolute atomic E-state index is 0.287. The van der Waals surface area contributed by atoms with Gasteiger partial charge in [-0.15, -0.1) is 0 Å². The van der Waals surface area contributed by atoms with Gasteiger partial charge in [0.15, 0.2) is 11.4 Å². The van der Waals surface area contributed by atoms with Gasteiger partial charge in [-0.1, -0.05) is 19.1 Å². The first kappa shape index (κ1) is 10.2. The Kier molecular flexibility index (Phi) is 2.73. The van der Waals surface area contributed by atoms with Gasteiger partial charge < -0.3 is 9.73 Å². The van der Waals surface area contributed by atoms with E-state index in [0.29, 0.717) is 12.1 Å². The van der Waals surface area contributed by atoms with Crippen LogP contribution in [0, 0.1) is 5.82 Å². The summed E-state index contributed by atoms with van der Waals surface area (Å²) in [6.07, 6.45) is 0.855. The molecule has 1 aromatic carbocycles. The highest BCUT2D eigenvalue weighted by molar-refractivity contribution is 5.82. The molecule has 0 amide bonds. The zero-order valence-electron chi connectivity index (χ0n) is 8.93. The zero-order valence-corrected chi connectivity index (χ0v) is 8.93. The van der Waals surface area contributed by atoms with Crippen molar-refractivity contribution in [1.82, 2.24) is 5.32 Å². The van der Waals surface area contributed by atoms with Gasteiger partial charge >= 0.3 is 0 Å². The van der Waals surface area contributed by atoms with Gasteiger partial charge in [-0.2, -0.15) is 0 Å². The van der Waals surface area contributed by atoms with Crippen LogP contribution < -0.4 is 5.32 Å². The van der Waals surface area contributed by atoms with Crippen LogP contribution in [0.15, 0.2) is 22.6 Å². The molecule has 0 spiro atoms. The van der Waals surface area contributed by atoms with Crippen molar-refractivity contribution in [2.24, 2.45) is 0 Å². The van der Waals surface area contributed by atoms with Crippen LogP contribution in [0.1, 0.15) is 18.2 Å². The molecule has 15 heavy (non-hydrogen) atoms. The van der Waals surface area contributed by atoms with Crippen LogP contribution >= 0.6 is 0 Å². The van der Waals surface area contributed by atoms with Crippen molar-refractivity contribution in [3.63, 3.8) is 0 Å². The van der Waals surface area contributed by atoms with Gasteiger partial charge in [0.1, 0.15) is 5.76 Å². The second kappa shape index (κ2) is 4.03. The van der Waals surface area contributed by atoms with Gasteiger partial charge in [-0.05, 0) is 19.5 Å². The Hall–Kier alpha value is -1.35. The molecule has 2 aromatic rings. The molecule has 0 atom stereocenters. The number of furan rings is 1. The number of nitrogens with one attached hydrogen (secondary N) is 1. The van der Waals surface area contributed by atoms with Crippen LogP contribution in [0.25, 0.3) is 11.0 Å². The molecule has 2 nitrogen and oxygen atoms in total. The van der Waals surface area contributed by atoms with Gasteiger partial charge in [-0.25, -0.2) is 4.39 Å². The summed E-state index contributed by atoms with van der Waals surface area (Å²) < 4.78 is 19.0. The van der Waals surface area contributed by atoms with Crippen molar-refractivity contribution >= 4 is 11.0 Å². The summed E-state index contributed by atoms with van der Waals surface area (Å²) in [6, 6.07) is 5.05. The number of fused-ring (bicyclic) bond motifs is 1. The summed E-state index contributed by atoms with van der Waals surface area (Å²) in [6.45, 7) is 2.69. The summed E-state index contributed by atoms with van der Waals surface area (Å²) in [5.74, 6) is 0.546. The predicted octanol–water partition coefficient (Wildman–Crippen LogP) is 2.85. The molecule has 1 heterocycles. The van der Waals surface area contributed by atoms with E-state index in [9.17, 15) is 4.39 Å². The highest BCUT2D eigenvalue weighted by atomic mass is 19.1. The zero-order chi connectivity index (χ0) is 10.8. The predicted molar refractivity (Wildman–Crippen MR) is 58.3 cm³/mol. The van der Waals surface area contributed by atoms with Gasteiger partial charge in [0, 0.05) is 10.9 Å². The van der Waals surface area contributed by atoms with Crippen LogP contribution in [-0.4, -0.2) is 7.05 Å². The lowest BCUT2D eigenvalue weighted by molar-refractivity contribution is 0.502. The van der Waals surface area contributed by atoms with Crippen molar-refractivity contribution in [3.05, 3.63) is 35.3 Å². The van der Waals surface area contributed by atoms with Gasteiger partial charge in [-0.3, -0.25) is 0 Å². The molecule has 1 aromatic heterocycles. The van der Waals surface area contributed by atoms with Crippen LogP contribution in [0.5, 0.6) is 0 Å². The minimum atomic E-state index is -0.287. The van der Waals surface area contributed by atoms with Gasteiger partial charge in [0.25, 0.3) is 0 Å². The molecular weight excluding hydrogens is 193 g/mol. The molecule has 0 saturated carbocycles. The standard InChI is InChI=1S/C12H14FNO/c1-3-8-9-5-4-6-10(13)12(9)15-11(8)7-14-2/h4-6,14H,3,7H2,1-2H3. The maximum atomic E-state index is 13.4. The Morgan fingerprint density at radius 1 is 1.40 bits per heavy atom. The Labute approximate surface area is 88.1 Å². The molecule has 0 fully saturated rings. The van der Waals surface area contributed by atoms with E-state index in [-0.39, 0.29) is 5.82 Å². The van der Waals surface area contributed by atoms with Crippen molar-refractivity contribution in [2.75, 3.05) is 7.05 Å². The monoisotopic (exact) mass is 207 g/mol. The molecule has 0 saturated heterocycles. The molecule has 0 aliphatic heterocycles.